The van der Waals surface area contributed by atoms with Crippen molar-refractivity contribution >= 4 is 25.8 Å². The van der Waals surface area contributed by atoms with E-state index in [4.69, 9.17) is 4.74 Å². The number of hydrogen-bond donors (Lipinski definition) is 1. The smallest absolute Gasteiger partial charge is 0.351 e. The van der Waals surface area contributed by atoms with Crippen molar-refractivity contribution in [3.05, 3.63) is 24.0 Å². The molecule has 0 saturated heterocycles. The van der Waals surface area contributed by atoms with E-state index in [1.165, 1.54) is 37.8 Å². The Labute approximate surface area is 118 Å². The molecule has 1 unspecified atom stereocenters. The number of ether oxygens (including phenoxy) is 1. The minimum atomic E-state index is -4.23. The molecule has 0 spiro atoms. The Morgan fingerprint density at radius 2 is 1.90 bits per heavy atom. The van der Waals surface area contributed by atoms with E-state index in [1.54, 1.807) is 0 Å². The molecule has 0 fully saturated rings. The molecule has 0 aliphatic carbocycles. The largest absolute Gasteiger partial charge is 0.494 e. The summed E-state index contributed by atoms with van der Waals surface area (Å²) in [6.45, 7) is 0. The zero-order valence-electron chi connectivity index (χ0n) is 11.5. The summed E-state index contributed by atoms with van der Waals surface area (Å²) in [5.74, 6) is -0.578. The average molecular weight is 325 g/mol. The van der Waals surface area contributed by atoms with Gasteiger partial charge < -0.3 is 4.74 Å². The SMILES string of the molecule is COc1cc(F)ccc1NS(=O)(=O)N=S(C)(=O)N(C)C. The van der Waals surface area contributed by atoms with E-state index in [-0.39, 0.29) is 11.4 Å². The van der Waals surface area contributed by atoms with Crippen LogP contribution in [0.2, 0.25) is 0 Å². The lowest BCUT2D eigenvalue weighted by molar-refractivity contribution is 0.413. The monoisotopic (exact) mass is 325 g/mol. The van der Waals surface area contributed by atoms with Crippen molar-refractivity contribution < 1.29 is 21.8 Å². The third-order valence-corrected chi connectivity index (χ3v) is 6.04. The predicted octanol–water partition coefficient (Wildman–Crippen LogP) is 1.07. The van der Waals surface area contributed by atoms with Crippen molar-refractivity contribution in [2.24, 2.45) is 3.77 Å². The van der Waals surface area contributed by atoms with Crippen LogP contribution in [0.25, 0.3) is 0 Å². The summed E-state index contributed by atoms with van der Waals surface area (Å²) in [7, 11) is -3.13. The normalized spacial score (nSPS) is 14.7. The van der Waals surface area contributed by atoms with Crippen LogP contribution in [-0.4, -0.2) is 44.4 Å². The summed E-state index contributed by atoms with van der Waals surface area (Å²) >= 11 is 0. The predicted molar refractivity (Wildman–Crippen MR) is 75.7 cm³/mol. The first-order valence-corrected chi connectivity index (χ1v) is 8.66. The molecule has 1 N–H and O–H groups in total. The molecular formula is C10H16FN3O4S2. The van der Waals surface area contributed by atoms with E-state index in [2.05, 4.69) is 8.49 Å². The molecule has 1 rings (SSSR count). The molecule has 0 radical (unpaired) electrons. The van der Waals surface area contributed by atoms with Crippen molar-refractivity contribution in [2.45, 2.75) is 0 Å². The van der Waals surface area contributed by atoms with Gasteiger partial charge >= 0.3 is 10.2 Å². The maximum Gasteiger partial charge on any atom is 0.351 e. The standard InChI is InChI=1S/C10H16FN3O4S2/c1-14(2)19(4,15)13-20(16,17)12-9-6-5-8(11)7-10(9)18-3/h5-7,12H,1-4H3. The van der Waals surface area contributed by atoms with E-state index >= 15 is 0 Å². The van der Waals surface area contributed by atoms with E-state index < -0.39 is 25.9 Å². The Balaban J connectivity index is 3.20. The van der Waals surface area contributed by atoms with Crippen molar-refractivity contribution in [1.82, 2.24) is 4.31 Å². The highest BCUT2D eigenvalue weighted by molar-refractivity contribution is 8.02. The molecule has 0 amide bonds. The van der Waals surface area contributed by atoms with Crippen LogP contribution in [0, 0.1) is 5.82 Å². The van der Waals surface area contributed by atoms with E-state index in [9.17, 15) is 17.0 Å². The fourth-order valence-electron chi connectivity index (χ4n) is 1.16. The quantitative estimate of drug-likeness (QED) is 0.877. The second-order valence-corrected chi connectivity index (χ2v) is 8.08. The molecule has 0 heterocycles. The minimum Gasteiger partial charge on any atom is -0.494 e. The molecule has 0 saturated carbocycles. The van der Waals surface area contributed by atoms with Crippen LogP contribution >= 0.6 is 0 Å². The van der Waals surface area contributed by atoms with Gasteiger partial charge in [0.05, 0.1) is 12.8 Å². The molecule has 0 aromatic heterocycles. The number of anilines is 1. The number of benzene rings is 1. The number of rotatable bonds is 5. The average Bonchev–Trinajstić information content (AvgIpc) is 2.29. The maximum absolute atomic E-state index is 13.0. The van der Waals surface area contributed by atoms with Gasteiger partial charge in [-0.05, 0) is 12.1 Å². The zero-order valence-corrected chi connectivity index (χ0v) is 13.1. The fraction of sp³-hybridized carbons (Fsp3) is 0.400. The van der Waals surface area contributed by atoms with E-state index in [0.29, 0.717) is 0 Å². The van der Waals surface area contributed by atoms with Crippen LogP contribution in [0.5, 0.6) is 5.75 Å². The summed E-state index contributed by atoms with van der Waals surface area (Å²) in [5.41, 5.74) is 0.00612. The van der Waals surface area contributed by atoms with Gasteiger partial charge in [0.1, 0.15) is 21.5 Å². The first kappa shape index (κ1) is 16.7. The fourth-order valence-corrected chi connectivity index (χ4v) is 3.74. The van der Waals surface area contributed by atoms with Gasteiger partial charge in [-0.25, -0.2) is 12.9 Å². The minimum absolute atomic E-state index is 0.00349. The van der Waals surface area contributed by atoms with Gasteiger partial charge in [0, 0.05) is 26.4 Å². The summed E-state index contributed by atoms with van der Waals surface area (Å²) in [5, 5.41) is 0. The Morgan fingerprint density at radius 1 is 1.30 bits per heavy atom. The third kappa shape index (κ3) is 4.32. The van der Waals surface area contributed by atoms with Crippen LogP contribution in [0.15, 0.2) is 22.0 Å². The lowest BCUT2D eigenvalue weighted by Crippen LogP contribution is -2.23. The number of hydrogen-bond acceptors (Lipinski definition) is 4. The lowest BCUT2D eigenvalue weighted by atomic mass is 10.3. The molecule has 1 atom stereocenters. The summed E-state index contributed by atoms with van der Waals surface area (Å²) in [4.78, 5) is 0. The maximum atomic E-state index is 13.0. The second-order valence-electron chi connectivity index (χ2n) is 4.07. The number of methoxy groups -OCH3 is 1. The molecule has 1 aromatic carbocycles. The molecule has 114 valence electrons. The van der Waals surface area contributed by atoms with E-state index in [0.717, 1.165) is 12.1 Å². The molecule has 0 aliphatic heterocycles. The van der Waals surface area contributed by atoms with Gasteiger partial charge in [0.2, 0.25) is 0 Å². The zero-order chi connectivity index (χ0) is 15.6. The summed E-state index contributed by atoms with van der Waals surface area (Å²) in [6.07, 6.45) is 1.19. The van der Waals surface area contributed by atoms with Gasteiger partial charge in [-0.15, -0.1) is 0 Å². The highest BCUT2D eigenvalue weighted by atomic mass is 32.3. The van der Waals surface area contributed by atoms with Gasteiger partial charge in [0.25, 0.3) is 0 Å². The van der Waals surface area contributed by atoms with Crippen molar-refractivity contribution in [3.8, 4) is 5.75 Å². The molecule has 20 heavy (non-hydrogen) atoms. The molecule has 0 aliphatic rings. The Hall–Kier alpha value is -1.39. The number of nitrogens with zero attached hydrogens (tertiary/aromatic N) is 2. The molecular weight excluding hydrogens is 309 g/mol. The van der Waals surface area contributed by atoms with Crippen LogP contribution in [0.4, 0.5) is 10.1 Å². The summed E-state index contributed by atoms with van der Waals surface area (Å²) in [6, 6.07) is 3.27. The van der Waals surface area contributed by atoms with Crippen LogP contribution in [-0.2, 0) is 20.1 Å². The van der Waals surface area contributed by atoms with Crippen LogP contribution < -0.4 is 9.46 Å². The van der Waals surface area contributed by atoms with Gasteiger partial charge in [0.15, 0.2) is 0 Å². The second kappa shape index (κ2) is 5.94. The third-order valence-electron chi connectivity index (χ3n) is 2.32. The summed E-state index contributed by atoms with van der Waals surface area (Å²) < 4.78 is 60.1. The highest BCUT2D eigenvalue weighted by Crippen LogP contribution is 2.26. The van der Waals surface area contributed by atoms with Crippen molar-refractivity contribution in [3.63, 3.8) is 0 Å². The molecule has 7 nitrogen and oxygen atoms in total. The van der Waals surface area contributed by atoms with Gasteiger partial charge in [-0.2, -0.15) is 8.42 Å². The molecule has 0 bridgehead atoms. The number of nitrogens with one attached hydrogen (secondary N) is 1. The lowest BCUT2D eigenvalue weighted by Gasteiger charge is -2.13. The number of halogens is 1. The van der Waals surface area contributed by atoms with Gasteiger partial charge in [-0.3, -0.25) is 4.72 Å². The molecule has 10 heteroatoms. The van der Waals surface area contributed by atoms with E-state index in [1.807, 2.05) is 0 Å². The highest BCUT2D eigenvalue weighted by Gasteiger charge is 2.16. The Morgan fingerprint density at radius 3 is 2.40 bits per heavy atom. The molecule has 1 aromatic rings. The first-order chi connectivity index (χ1) is 9.07. The Kier molecular flexibility index (Phi) is 4.95. The van der Waals surface area contributed by atoms with Gasteiger partial charge in [-0.1, -0.05) is 3.77 Å². The van der Waals surface area contributed by atoms with Crippen molar-refractivity contribution in [1.29, 1.82) is 0 Å². The Bertz CT molecular complexity index is 709. The van der Waals surface area contributed by atoms with Crippen LogP contribution in [0.1, 0.15) is 0 Å². The van der Waals surface area contributed by atoms with Crippen LogP contribution in [0.3, 0.4) is 0 Å². The first-order valence-electron chi connectivity index (χ1n) is 5.34. The van der Waals surface area contributed by atoms with Crippen molar-refractivity contribution in [2.75, 3.05) is 32.2 Å². The topological polar surface area (TPSA) is 88.1 Å².